The molecule has 0 unspecified atom stereocenters. The second-order valence-electron chi connectivity index (χ2n) is 6.95. The molecule has 0 saturated carbocycles. The number of hydrogen-bond acceptors (Lipinski definition) is 5. The van der Waals surface area contributed by atoms with Crippen molar-refractivity contribution in [2.75, 3.05) is 7.05 Å². The Morgan fingerprint density at radius 2 is 1.68 bits per heavy atom. The van der Waals surface area contributed by atoms with E-state index < -0.39 is 57.7 Å². The third-order valence-electron chi connectivity index (χ3n) is 4.59. The monoisotopic (exact) mass is 513 g/mol. The molecule has 0 fully saturated rings. The summed E-state index contributed by atoms with van der Waals surface area (Å²) in [5.41, 5.74) is -6.76. The topological polar surface area (TPSA) is 85.6 Å². The molecule has 3 rings (SSSR count). The Kier molecular flexibility index (Phi) is 6.57. The number of hydrogen-bond donors (Lipinski definition) is 1. The van der Waals surface area contributed by atoms with E-state index >= 15 is 0 Å². The quantitative estimate of drug-likeness (QED) is 0.274. The third kappa shape index (κ3) is 5.26. The average molecular weight is 513 g/mol. The van der Waals surface area contributed by atoms with Crippen LogP contribution >= 0.6 is 0 Å². The Labute approximate surface area is 187 Å². The summed E-state index contributed by atoms with van der Waals surface area (Å²) in [4.78, 5) is 12.5. The minimum atomic E-state index is -6.24. The van der Waals surface area contributed by atoms with E-state index in [1.807, 2.05) is 0 Å². The number of furan rings is 1. The number of fused-ring (bicyclic) bond motifs is 1. The highest BCUT2D eigenvalue weighted by Gasteiger charge is 2.49. The maximum atomic E-state index is 13.3. The number of halogens is 7. The Morgan fingerprint density at radius 3 is 2.21 bits per heavy atom. The van der Waals surface area contributed by atoms with Gasteiger partial charge in [-0.2, -0.15) is 34.8 Å². The number of alkyl halides is 6. The van der Waals surface area contributed by atoms with E-state index in [1.165, 1.54) is 19.2 Å². The molecule has 2 aromatic carbocycles. The molecule has 1 aromatic heterocycles. The summed E-state index contributed by atoms with van der Waals surface area (Å²) in [5.74, 6) is -2.66. The van der Waals surface area contributed by atoms with Crippen LogP contribution in [0, 0.1) is 5.82 Å². The van der Waals surface area contributed by atoms with Gasteiger partial charge in [0.1, 0.15) is 22.9 Å². The van der Waals surface area contributed by atoms with Crippen LogP contribution in [-0.4, -0.2) is 33.1 Å². The van der Waals surface area contributed by atoms with Gasteiger partial charge in [0.25, 0.3) is 5.91 Å². The summed E-state index contributed by atoms with van der Waals surface area (Å²) < 4.78 is 123. The number of aryl methyl sites for hydroxylation is 1. The zero-order valence-electron chi connectivity index (χ0n) is 17.0. The lowest BCUT2D eigenvalue weighted by molar-refractivity contribution is -0.134. The molecule has 1 N–H and O–H groups in total. The van der Waals surface area contributed by atoms with Crippen LogP contribution in [0.4, 0.5) is 30.7 Å². The van der Waals surface area contributed by atoms with Crippen molar-refractivity contribution in [2.24, 2.45) is 0 Å². The van der Waals surface area contributed by atoms with Crippen molar-refractivity contribution in [3.8, 4) is 17.1 Å². The van der Waals surface area contributed by atoms with Gasteiger partial charge in [0.05, 0.1) is 5.56 Å². The second kappa shape index (κ2) is 8.81. The number of carbonyl (C=O) groups excluding carboxylic acids is 1. The number of carbonyl (C=O) groups is 1. The lowest BCUT2D eigenvalue weighted by atomic mass is 10.0. The molecule has 34 heavy (non-hydrogen) atoms. The molecule has 184 valence electrons. The fourth-order valence-electron chi connectivity index (χ4n) is 3.03. The van der Waals surface area contributed by atoms with Crippen LogP contribution in [-0.2, 0) is 16.5 Å². The van der Waals surface area contributed by atoms with Gasteiger partial charge in [-0.3, -0.25) is 4.79 Å². The van der Waals surface area contributed by atoms with E-state index in [0.29, 0.717) is 6.07 Å². The van der Waals surface area contributed by atoms with Crippen molar-refractivity contribution < 1.29 is 52.5 Å². The Bertz CT molecular complexity index is 1330. The summed E-state index contributed by atoms with van der Waals surface area (Å²) in [6.07, 6.45) is -7.16. The molecule has 0 aliphatic rings. The molecule has 0 aliphatic carbocycles. The number of amides is 1. The van der Waals surface area contributed by atoms with Crippen molar-refractivity contribution in [3.05, 3.63) is 53.3 Å². The lowest BCUT2D eigenvalue weighted by Gasteiger charge is -2.14. The number of rotatable bonds is 6. The Morgan fingerprint density at radius 1 is 1.06 bits per heavy atom. The Hall–Kier alpha value is -3.29. The van der Waals surface area contributed by atoms with Gasteiger partial charge in [0.2, 0.25) is 0 Å². The molecule has 0 bridgehead atoms. The fourth-order valence-corrected chi connectivity index (χ4v) is 3.52. The Balaban J connectivity index is 2.27. The van der Waals surface area contributed by atoms with Crippen molar-refractivity contribution in [2.45, 2.75) is 24.5 Å². The molecule has 1 heterocycles. The molecule has 14 heteroatoms. The van der Waals surface area contributed by atoms with E-state index in [4.69, 9.17) is 4.42 Å². The van der Waals surface area contributed by atoms with Crippen molar-refractivity contribution >= 4 is 27.0 Å². The van der Waals surface area contributed by atoms with Gasteiger partial charge < -0.3 is 13.9 Å². The SMILES string of the molecule is CNC(=O)c1c(-c2ccc(F)cc2)oc2cc(CCC(F)(F)F)c(OS(=O)(=O)C(F)(F)F)cc12. The van der Waals surface area contributed by atoms with Gasteiger partial charge >= 0.3 is 21.8 Å². The van der Waals surface area contributed by atoms with Crippen molar-refractivity contribution in [1.82, 2.24) is 5.32 Å². The van der Waals surface area contributed by atoms with Gasteiger partial charge in [0.15, 0.2) is 0 Å². The van der Waals surface area contributed by atoms with E-state index in [0.717, 1.165) is 18.2 Å². The summed E-state index contributed by atoms with van der Waals surface area (Å²) >= 11 is 0. The van der Waals surface area contributed by atoms with Crippen LogP contribution in [0.2, 0.25) is 0 Å². The van der Waals surface area contributed by atoms with Gasteiger partial charge in [-0.25, -0.2) is 4.39 Å². The van der Waals surface area contributed by atoms with Crippen LogP contribution in [0.1, 0.15) is 22.3 Å². The lowest BCUT2D eigenvalue weighted by Crippen LogP contribution is -2.28. The molecule has 3 aromatic rings. The molecule has 0 saturated heterocycles. The van der Waals surface area contributed by atoms with Crippen molar-refractivity contribution in [3.63, 3.8) is 0 Å². The highest BCUT2D eigenvalue weighted by atomic mass is 32.2. The highest BCUT2D eigenvalue weighted by Crippen LogP contribution is 2.39. The minimum absolute atomic E-state index is 0.165. The first-order valence-electron chi connectivity index (χ1n) is 9.28. The van der Waals surface area contributed by atoms with Crippen LogP contribution in [0.15, 0.2) is 40.8 Å². The van der Waals surface area contributed by atoms with E-state index in [1.54, 1.807) is 0 Å². The van der Waals surface area contributed by atoms with Crippen molar-refractivity contribution in [1.29, 1.82) is 0 Å². The largest absolute Gasteiger partial charge is 0.534 e. The predicted octanol–water partition coefficient (Wildman–Crippen LogP) is 5.32. The van der Waals surface area contributed by atoms with E-state index in [9.17, 15) is 43.9 Å². The summed E-state index contributed by atoms with van der Waals surface area (Å²) in [6, 6.07) is 6.09. The summed E-state index contributed by atoms with van der Waals surface area (Å²) in [6.45, 7) is 0. The van der Waals surface area contributed by atoms with E-state index in [-0.39, 0.29) is 27.9 Å². The zero-order chi connectivity index (χ0) is 25.5. The van der Waals surface area contributed by atoms with Crippen LogP contribution in [0.5, 0.6) is 5.75 Å². The molecule has 6 nitrogen and oxygen atoms in total. The fraction of sp³-hybridized carbons (Fsp3) is 0.250. The third-order valence-corrected chi connectivity index (χ3v) is 5.56. The number of nitrogens with one attached hydrogen (secondary N) is 1. The summed E-state index contributed by atoms with van der Waals surface area (Å²) in [7, 11) is -5.02. The van der Waals surface area contributed by atoms with Gasteiger partial charge in [0, 0.05) is 24.4 Å². The molecular formula is C20H14F7NO5S. The average Bonchev–Trinajstić information content (AvgIpc) is 3.08. The predicted molar refractivity (Wildman–Crippen MR) is 105 cm³/mol. The smallest absolute Gasteiger partial charge is 0.455 e. The first kappa shape index (κ1) is 25.3. The van der Waals surface area contributed by atoms with Crippen LogP contribution in [0.3, 0.4) is 0 Å². The van der Waals surface area contributed by atoms with Gasteiger partial charge in [-0.15, -0.1) is 0 Å². The molecule has 0 radical (unpaired) electrons. The molecular weight excluding hydrogens is 499 g/mol. The van der Waals surface area contributed by atoms with Gasteiger partial charge in [-0.05, 0) is 48.4 Å². The first-order valence-corrected chi connectivity index (χ1v) is 10.7. The normalized spacial score (nSPS) is 12.7. The highest BCUT2D eigenvalue weighted by molar-refractivity contribution is 7.88. The molecule has 0 atom stereocenters. The molecule has 0 aliphatic heterocycles. The maximum Gasteiger partial charge on any atom is 0.534 e. The maximum absolute atomic E-state index is 13.3. The van der Waals surface area contributed by atoms with Crippen LogP contribution in [0.25, 0.3) is 22.3 Å². The van der Waals surface area contributed by atoms with Crippen LogP contribution < -0.4 is 9.50 Å². The first-order chi connectivity index (χ1) is 15.6. The van der Waals surface area contributed by atoms with E-state index in [2.05, 4.69) is 9.50 Å². The zero-order valence-corrected chi connectivity index (χ0v) is 17.8. The number of benzene rings is 2. The molecule has 1 amide bonds. The standard InChI is InChI=1S/C20H14F7NO5S/c1-28-18(29)16-13-9-14(33-34(30,31)20(25,26)27)11(6-7-19(22,23)24)8-15(13)32-17(16)10-2-4-12(21)5-3-10/h2-5,8-9H,6-7H2,1H3,(H,28,29). The summed E-state index contributed by atoms with van der Waals surface area (Å²) in [5, 5.41) is 2.04. The molecule has 0 spiro atoms. The minimum Gasteiger partial charge on any atom is -0.455 e. The second-order valence-corrected chi connectivity index (χ2v) is 8.48. The van der Waals surface area contributed by atoms with Gasteiger partial charge in [-0.1, -0.05) is 0 Å².